The molecule has 0 fully saturated rings. The molecular formula is C11H23N3O3. The molecule has 0 saturated carbocycles. The van der Waals surface area contributed by atoms with Gasteiger partial charge in [0.15, 0.2) is 5.84 Å². The average molecular weight is 245 g/mol. The fraction of sp³-hybridized carbons (Fsp3) is 0.818. The van der Waals surface area contributed by atoms with Gasteiger partial charge in [-0.1, -0.05) is 12.1 Å². The molecule has 0 aliphatic carbocycles. The number of hydrogen-bond acceptors (Lipinski definition) is 4. The summed E-state index contributed by atoms with van der Waals surface area (Å²) >= 11 is 0. The van der Waals surface area contributed by atoms with Gasteiger partial charge in [-0.05, 0) is 19.8 Å². The lowest BCUT2D eigenvalue weighted by molar-refractivity contribution is -0.136. The third-order valence-electron chi connectivity index (χ3n) is 3.04. The molecule has 1 amide bonds. The summed E-state index contributed by atoms with van der Waals surface area (Å²) in [6, 6.07) is 0. The van der Waals surface area contributed by atoms with Crippen LogP contribution >= 0.6 is 0 Å². The van der Waals surface area contributed by atoms with Crippen LogP contribution in [0.5, 0.6) is 0 Å². The summed E-state index contributed by atoms with van der Waals surface area (Å²) in [5, 5.41) is 11.7. The van der Waals surface area contributed by atoms with Gasteiger partial charge in [0.25, 0.3) is 0 Å². The zero-order valence-corrected chi connectivity index (χ0v) is 11.1. The van der Waals surface area contributed by atoms with Crippen LogP contribution in [0.2, 0.25) is 0 Å². The first-order valence-electron chi connectivity index (χ1n) is 5.66. The van der Waals surface area contributed by atoms with E-state index in [0.29, 0.717) is 19.6 Å². The lowest BCUT2D eigenvalue weighted by Crippen LogP contribution is -2.48. The fourth-order valence-corrected chi connectivity index (χ4v) is 1.52. The molecule has 1 unspecified atom stereocenters. The van der Waals surface area contributed by atoms with E-state index in [2.05, 4.69) is 5.16 Å². The summed E-state index contributed by atoms with van der Waals surface area (Å²) in [6.07, 6.45) is 1.24. The number of oxime groups is 1. The maximum Gasteiger partial charge on any atom is 0.235 e. The molecule has 0 bridgehead atoms. The van der Waals surface area contributed by atoms with E-state index in [9.17, 15) is 4.79 Å². The summed E-state index contributed by atoms with van der Waals surface area (Å²) in [5.41, 5.74) is 4.64. The van der Waals surface area contributed by atoms with E-state index < -0.39 is 5.41 Å². The normalized spacial score (nSPS) is 15.4. The van der Waals surface area contributed by atoms with Gasteiger partial charge in [0.2, 0.25) is 5.91 Å². The Balaban J connectivity index is 4.64. The number of carbonyl (C=O) groups is 1. The minimum absolute atomic E-state index is 0.0522. The van der Waals surface area contributed by atoms with Gasteiger partial charge in [-0.2, -0.15) is 0 Å². The molecule has 0 spiro atoms. The smallest absolute Gasteiger partial charge is 0.235 e. The highest BCUT2D eigenvalue weighted by Gasteiger charge is 2.38. The SMILES string of the molecule is CCC(C)(C(=O)N(C)CCCOC)C(N)=NO. The van der Waals surface area contributed by atoms with E-state index in [1.54, 1.807) is 26.0 Å². The molecule has 0 heterocycles. The minimum Gasteiger partial charge on any atom is -0.409 e. The van der Waals surface area contributed by atoms with Crippen molar-refractivity contribution in [2.24, 2.45) is 16.3 Å². The summed E-state index contributed by atoms with van der Waals surface area (Å²) in [5.74, 6) is -0.199. The summed E-state index contributed by atoms with van der Waals surface area (Å²) in [7, 11) is 3.32. The van der Waals surface area contributed by atoms with E-state index in [-0.39, 0.29) is 11.7 Å². The van der Waals surface area contributed by atoms with Crippen molar-refractivity contribution in [1.82, 2.24) is 4.90 Å². The second-order valence-electron chi connectivity index (χ2n) is 4.24. The van der Waals surface area contributed by atoms with Gasteiger partial charge in [0.05, 0.1) is 0 Å². The third kappa shape index (κ3) is 3.89. The number of nitrogens with zero attached hydrogens (tertiary/aromatic N) is 2. The first kappa shape index (κ1) is 15.7. The van der Waals surface area contributed by atoms with E-state index in [1.165, 1.54) is 0 Å². The van der Waals surface area contributed by atoms with Crippen LogP contribution in [0.25, 0.3) is 0 Å². The molecule has 0 aliphatic rings. The number of hydrogen-bond donors (Lipinski definition) is 2. The van der Waals surface area contributed by atoms with Crippen LogP contribution in [0.3, 0.4) is 0 Å². The number of amides is 1. The molecule has 0 rings (SSSR count). The zero-order valence-electron chi connectivity index (χ0n) is 11.1. The molecule has 0 aromatic heterocycles. The second-order valence-corrected chi connectivity index (χ2v) is 4.24. The predicted octanol–water partition coefficient (Wildman–Crippen LogP) is 0.644. The molecule has 0 aliphatic heterocycles. The van der Waals surface area contributed by atoms with E-state index in [4.69, 9.17) is 15.7 Å². The zero-order chi connectivity index (χ0) is 13.5. The van der Waals surface area contributed by atoms with Crippen molar-refractivity contribution in [3.8, 4) is 0 Å². The Hall–Kier alpha value is -1.30. The Kier molecular flexibility index (Phi) is 6.57. The predicted molar refractivity (Wildman–Crippen MR) is 65.9 cm³/mol. The van der Waals surface area contributed by atoms with Gasteiger partial charge in [-0.3, -0.25) is 4.79 Å². The topological polar surface area (TPSA) is 88.2 Å². The first-order valence-corrected chi connectivity index (χ1v) is 5.66. The molecule has 3 N–H and O–H groups in total. The molecule has 0 aromatic carbocycles. The van der Waals surface area contributed by atoms with Crippen LogP contribution in [-0.2, 0) is 9.53 Å². The number of nitrogens with two attached hydrogens (primary N) is 1. The summed E-state index contributed by atoms with van der Waals surface area (Å²) < 4.78 is 4.93. The van der Waals surface area contributed by atoms with Crippen molar-refractivity contribution < 1.29 is 14.7 Å². The van der Waals surface area contributed by atoms with Crippen molar-refractivity contribution in [3.05, 3.63) is 0 Å². The highest BCUT2D eigenvalue weighted by molar-refractivity contribution is 6.06. The van der Waals surface area contributed by atoms with Crippen molar-refractivity contribution in [2.45, 2.75) is 26.7 Å². The van der Waals surface area contributed by atoms with E-state index in [1.807, 2.05) is 6.92 Å². The Morgan fingerprint density at radius 1 is 1.59 bits per heavy atom. The van der Waals surface area contributed by atoms with Crippen molar-refractivity contribution in [2.75, 3.05) is 27.3 Å². The molecule has 0 radical (unpaired) electrons. The maximum absolute atomic E-state index is 12.2. The minimum atomic E-state index is -0.948. The highest BCUT2D eigenvalue weighted by atomic mass is 16.5. The second kappa shape index (κ2) is 7.11. The molecule has 6 nitrogen and oxygen atoms in total. The number of carbonyl (C=O) groups excluding carboxylic acids is 1. The standard InChI is InChI=1S/C11H23N3O3/c1-5-11(2,9(12)13-16)10(15)14(3)7-6-8-17-4/h16H,5-8H2,1-4H3,(H2,12,13). The number of rotatable bonds is 7. The fourth-order valence-electron chi connectivity index (χ4n) is 1.52. The van der Waals surface area contributed by atoms with Crippen LogP contribution in [0.1, 0.15) is 26.7 Å². The van der Waals surface area contributed by atoms with Gasteiger partial charge in [-0.15, -0.1) is 0 Å². The molecule has 0 aromatic rings. The van der Waals surface area contributed by atoms with Crippen LogP contribution in [-0.4, -0.2) is 49.2 Å². The molecule has 0 saturated heterocycles. The first-order chi connectivity index (χ1) is 7.93. The summed E-state index contributed by atoms with van der Waals surface area (Å²) in [4.78, 5) is 13.8. The number of methoxy groups -OCH3 is 1. The molecule has 100 valence electrons. The van der Waals surface area contributed by atoms with Crippen LogP contribution in [0, 0.1) is 5.41 Å². The Bertz CT molecular complexity index is 281. The van der Waals surface area contributed by atoms with Crippen LogP contribution in [0.4, 0.5) is 0 Å². The largest absolute Gasteiger partial charge is 0.409 e. The van der Waals surface area contributed by atoms with Crippen LogP contribution < -0.4 is 5.73 Å². The molecule has 17 heavy (non-hydrogen) atoms. The van der Waals surface area contributed by atoms with Crippen molar-refractivity contribution in [3.63, 3.8) is 0 Å². The monoisotopic (exact) mass is 245 g/mol. The van der Waals surface area contributed by atoms with Crippen molar-refractivity contribution >= 4 is 11.7 Å². The van der Waals surface area contributed by atoms with Crippen LogP contribution in [0.15, 0.2) is 5.16 Å². The van der Waals surface area contributed by atoms with Gasteiger partial charge < -0.3 is 20.6 Å². The Morgan fingerprint density at radius 2 is 2.18 bits per heavy atom. The highest BCUT2D eigenvalue weighted by Crippen LogP contribution is 2.24. The lowest BCUT2D eigenvalue weighted by atomic mass is 9.84. The van der Waals surface area contributed by atoms with Gasteiger partial charge in [0, 0.05) is 27.3 Å². The maximum atomic E-state index is 12.2. The number of amidine groups is 1. The van der Waals surface area contributed by atoms with Gasteiger partial charge in [0.1, 0.15) is 5.41 Å². The average Bonchev–Trinajstić information content (AvgIpc) is 2.35. The van der Waals surface area contributed by atoms with E-state index in [0.717, 1.165) is 6.42 Å². The molecular weight excluding hydrogens is 222 g/mol. The summed E-state index contributed by atoms with van der Waals surface area (Å²) in [6.45, 7) is 4.70. The quantitative estimate of drug-likeness (QED) is 0.226. The van der Waals surface area contributed by atoms with Crippen molar-refractivity contribution in [1.29, 1.82) is 0 Å². The lowest BCUT2D eigenvalue weighted by Gasteiger charge is -2.30. The third-order valence-corrected chi connectivity index (χ3v) is 3.04. The Morgan fingerprint density at radius 3 is 2.59 bits per heavy atom. The Labute approximate surface area is 102 Å². The van der Waals surface area contributed by atoms with Gasteiger partial charge >= 0.3 is 0 Å². The molecule has 1 atom stereocenters. The molecule has 6 heteroatoms. The van der Waals surface area contributed by atoms with Gasteiger partial charge in [-0.25, -0.2) is 0 Å². The number of ether oxygens (including phenoxy) is 1. The van der Waals surface area contributed by atoms with E-state index >= 15 is 0 Å².